The number of ether oxygens (including phenoxy) is 2. The zero-order valence-electron chi connectivity index (χ0n) is 15.6. The highest BCUT2D eigenvalue weighted by Crippen LogP contribution is 2.31. The fourth-order valence-electron chi connectivity index (χ4n) is 3.02. The first-order valence-corrected chi connectivity index (χ1v) is 9.22. The van der Waals surface area contributed by atoms with Gasteiger partial charge < -0.3 is 14.4 Å². The zero-order chi connectivity index (χ0) is 19.3. The van der Waals surface area contributed by atoms with Gasteiger partial charge >= 0.3 is 0 Å². The second-order valence-corrected chi connectivity index (χ2v) is 6.40. The van der Waals surface area contributed by atoms with Crippen molar-refractivity contribution in [2.75, 3.05) is 19.8 Å². The fourth-order valence-corrected chi connectivity index (χ4v) is 3.02. The minimum atomic E-state index is -0.0746. The van der Waals surface area contributed by atoms with Gasteiger partial charge in [-0.05, 0) is 29.8 Å². The van der Waals surface area contributed by atoms with Crippen molar-refractivity contribution in [3.63, 3.8) is 0 Å². The van der Waals surface area contributed by atoms with Gasteiger partial charge in [-0.25, -0.2) is 0 Å². The molecule has 4 rings (SSSR count). The molecule has 1 aliphatic heterocycles. The lowest BCUT2D eigenvalue weighted by Gasteiger charge is -2.23. The van der Waals surface area contributed by atoms with Gasteiger partial charge in [0.2, 0.25) is 11.7 Å². The molecule has 0 bridgehead atoms. The number of fused-ring (bicyclic) bond motifs is 1. The first-order valence-electron chi connectivity index (χ1n) is 9.22. The molecule has 2 aromatic carbocycles. The third kappa shape index (κ3) is 3.95. The van der Waals surface area contributed by atoms with Crippen LogP contribution in [0.15, 0.2) is 48.5 Å². The van der Waals surface area contributed by atoms with Gasteiger partial charge in [-0.1, -0.05) is 36.4 Å². The van der Waals surface area contributed by atoms with Crippen molar-refractivity contribution in [3.05, 3.63) is 54.1 Å². The minimum absolute atomic E-state index is 0.0399. The van der Waals surface area contributed by atoms with Crippen molar-refractivity contribution < 1.29 is 14.3 Å². The lowest BCUT2D eigenvalue weighted by Crippen LogP contribution is -2.33. The van der Waals surface area contributed by atoms with Gasteiger partial charge in [-0.2, -0.15) is 4.80 Å². The summed E-state index contributed by atoms with van der Waals surface area (Å²) < 4.78 is 11.2. The molecule has 0 unspecified atom stereocenters. The first kappa shape index (κ1) is 18.0. The Kier molecular flexibility index (Phi) is 5.18. The van der Waals surface area contributed by atoms with E-state index in [-0.39, 0.29) is 12.5 Å². The molecule has 0 saturated carbocycles. The van der Waals surface area contributed by atoms with Crippen molar-refractivity contribution in [2.45, 2.75) is 20.0 Å². The molecule has 28 heavy (non-hydrogen) atoms. The van der Waals surface area contributed by atoms with Crippen molar-refractivity contribution in [3.8, 4) is 22.9 Å². The predicted molar refractivity (Wildman–Crippen MR) is 102 cm³/mol. The molecular formula is C20H21N5O3. The molecule has 0 aliphatic carbocycles. The van der Waals surface area contributed by atoms with Crippen LogP contribution in [0.5, 0.6) is 11.5 Å². The van der Waals surface area contributed by atoms with E-state index in [9.17, 15) is 4.79 Å². The van der Waals surface area contributed by atoms with E-state index < -0.39 is 0 Å². The van der Waals surface area contributed by atoms with Gasteiger partial charge in [0, 0.05) is 18.7 Å². The maximum Gasteiger partial charge on any atom is 0.246 e. The SMILES string of the molecule is CCN(Cc1ccc2c(c1)OCCO2)C(=O)Cn1nnc(-c2ccccc2)n1. The number of carbonyl (C=O) groups is 1. The monoisotopic (exact) mass is 379 g/mol. The van der Waals surface area contributed by atoms with E-state index in [2.05, 4.69) is 15.4 Å². The van der Waals surface area contributed by atoms with Crippen LogP contribution >= 0.6 is 0 Å². The van der Waals surface area contributed by atoms with Gasteiger partial charge in [0.15, 0.2) is 11.5 Å². The molecule has 0 radical (unpaired) electrons. The summed E-state index contributed by atoms with van der Waals surface area (Å²) >= 11 is 0. The smallest absolute Gasteiger partial charge is 0.246 e. The Morgan fingerprint density at radius 3 is 2.68 bits per heavy atom. The van der Waals surface area contributed by atoms with Gasteiger partial charge in [-0.3, -0.25) is 4.79 Å². The summed E-state index contributed by atoms with van der Waals surface area (Å²) in [5.74, 6) is 1.89. The number of hydrogen-bond acceptors (Lipinski definition) is 6. The van der Waals surface area contributed by atoms with Crippen LogP contribution in [-0.2, 0) is 17.9 Å². The Morgan fingerprint density at radius 1 is 1.11 bits per heavy atom. The van der Waals surface area contributed by atoms with Crippen LogP contribution in [-0.4, -0.2) is 50.8 Å². The molecule has 3 aromatic rings. The van der Waals surface area contributed by atoms with Crippen molar-refractivity contribution in [1.29, 1.82) is 0 Å². The van der Waals surface area contributed by atoms with Gasteiger partial charge in [0.05, 0.1) is 0 Å². The van der Waals surface area contributed by atoms with Gasteiger partial charge in [0.25, 0.3) is 0 Å². The summed E-state index contributed by atoms with van der Waals surface area (Å²) in [6.45, 7) is 4.13. The third-order valence-electron chi connectivity index (χ3n) is 4.48. The van der Waals surface area contributed by atoms with Crippen LogP contribution in [0.2, 0.25) is 0 Å². The normalized spacial score (nSPS) is 12.6. The molecule has 0 saturated heterocycles. The number of rotatable bonds is 6. The topological polar surface area (TPSA) is 82.4 Å². The van der Waals surface area contributed by atoms with E-state index in [4.69, 9.17) is 9.47 Å². The van der Waals surface area contributed by atoms with Crippen molar-refractivity contribution >= 4 is 5.91 Å². The van der Waals surface area contributed by atoms with Crippen LogP contribution in [0.3, 0.4) is 0 Å². The van der Waals surface area contributed by atoms with Crippen LogP contribution in [0.1, 0.15) is 12.5 Å². The van der Waals surface area contributed by atoms with Crippen LogP contribution in [0, 0.1) is 0 Å². The molecule has 2 heterocycles. The molecule has 1 aliphatic rings. The Labute approximate surface area is 162 Å². The second-order valence-electron chi connectivity index (χ2n) is 6.40. The number of likely N-dealkylation sites (N-methyl/N-ethyl adjacent to an activating group) is 1. The Balaban J connectivity index is 1.42. The predicted octanol–water partition coefficient (Wildman–Crippen LogP) is 2.16. The van der Waals surface area contributed by atoms with Gasteiger partial charge in [-0.15, -0.1) is 10.2 Å². The number of nitrogens with zero attached hydrogens (tertiary/aromatic N) is 5. The molecular weight excluding hydrogens is 358 g/mol. The lowest BCUT2D eigenvalue weighted by atomic mass is 10.1. The molecule has 0 N–H and O–H groups in total. The van der Waals surface area contributed by atoms with E-state index in [1.165, 1.54) is 4.80 Å². The Bertz CT molecular complexity index is 957. The van der Waals surface area contributed by atoms with Crippen LogP contribution in [0.25, 0.3) is 11.4 Å². The third-order valence-corrected chi connectivity index (χ3v) is 4.48. The molecule has 144 valence electrons. The average Bonchev–Trinajstić information content (AvgIpc) is 3.21. The molecule has 0 atom stereocenters. The molecule has 0 fully saturated rings. The highest BCUT2D eigenvalue weighted by Gasteiger charge is 2.17. The van der Waals surface area contributed by atoms with Gasteiger partial charge in [0.1, 0.15) is 19.8 Å². The number of tetrazole rings is 1. The highest BCUT2D eigenvalue weighted by molar-refractivity contribution is 5.75. The number of hydrogen-bond donors (Lipinski definition) is 0. The molecule has 8 nitrogen and oxygen atoms in total. The highest BCUT2D eigenvalue weighted by atomic mass is 16.6. The minimum Gasteiger partial charge on any atom is -0.486 e. The maximum atomic E-state index is 12.7. The number of carbonyl (C=O) groups excluding carboxylic acids is 1. The van der Waals surface area contributed by atoms with E-state index in [0.717, 1.165) is 22.6 Å². The summed E-state index contributed by atoms with van der Waals surface area (Å²) in [6, 6.07) is 15.3. The van der Waals surface area contributed by atoms with Crippen molar-refractivity contribution in [2.24, 2.45) is 0 Å². The van der Waals surface area contributed by atoms with Crippen LogP contribution in [0.4, 0.5) is 0 Å². The largest absolute Gasteiger partial charge is 0.486 e. The Hall–Kier alpha value is -3.42. The first-order chi connectivity index (χ1) is 13.7. The average molecular weight is 379 g/mol. The Morgan fingerprint density at radius 2 is 1.89 bits per heavy atom. The maximum absolute atomic E-state index is 12.7. The summed E-state index contributed by atoms with van der Waals surface area (Å²) in [6.07, 6.45) is 0. The fraction of sp³-hybridized carbons (Fsp3) is 0.300. The van der Waals surface area contributed by atoms with Crippen molar-refractivity contribution in [1.82, 2.24) is 25.1 Å². The molecule has 1 amide bonds. The molecule has 1 aromatic heterocycles. The zero-order valence-corrected chi connectivity index (χ0v) is 15.6. The van der Waals surface area contributed by atoms with Crippen LogP contribution < -0.4 is 9.47 Å². The quantitative estimate of drug-likeness (QED) is 0.653. The lowest BCUT2D eigenvalue weighted by molar-refractivity contribution is -0.132. The van der Waals surface area contributed by atoms with E-state index in [0.29, 0.717) is 32.1 Å². The summed E-state index contributed by atoms with van der Waals surface area (Å²) in [5, 5.41) is 12.4. The number of amides is 1. The second kappa shape index (κ2) is 8.08. The summed E-state index contributed by atoms with van der Waals surface area (Å²) in [5.41, 5.74) is 1.85. The molecule has 0 spiro atoms. The summed E-state index contributed by atoms with van der Waals surface area (Å²) in [7, 11) is 0. The van der Waals surface area contributed by atoms with E-state index in [1.54, 1.807) is 4.90 Å². The molecule has 8 heteroatoms. The van der Waals surface area contributed by atoms with E-state index in [1.807, 2.05) is 55.5 Å². The number of aromatic nitrogens is 4. The van der Waals surface area contributed by atoms with E-state index >= 15 is 0 Å². The summed E-state index contributed by atoms with van der Waals surface area (Å²) in [4.78, 5) is 15.8. The standard InChI is InChI=1S/C20H21N5O3/c1-2-24(13-15-8-9-17-18(12-15)28-11-10-27-17)19(26)14-25-22-20(21-23-25)16-6-4-3-5-7-16/h3-9,12H,2,10-11,13-14H2,1H3. The number of benzene rings is 2.